The molecule has 0 radical (unpaired) electrons. The molecule has 3 atom stereocenters. The summed E-state index contributed by atoms with van der Waals surface area (Å²) in [4.78, 5) is 4.64. The van der Waals surface area contributed by atoms with Crippen LogP contribution in [0.4, 0.5) is 0 Å². The maximum atomic E-state index is 5.94. The minimum Gasteiger partial charge on any atom is -0.480 e. The van der Waals surface area contributed by atoms with Gasteiger partial charge in [-0.3, -0.25) is 0 Å². The molecule has 1 fully saturated rings. The second-order valence-electron chi connectivity index (χ2n) is 7.46. The highest BCUT2D eigenvalue weighted by Crippen LogP contribution is 2.41. The van der Waals surface area contributed by atoms with E-state index in [1.165, 1.54) is 5.56 Å². The minimum absolute atomic E-state index is 0.0576. The Morgan fingerprint density at radius 1 is 1.17 bits per heavy atom. The third-order valence-electron chi connectivity index (χ3n) is 4.66. The van der Waals surface area contributed by atoms with Crippen LogP contribution in [0.3, 0.4) is 0 Å². The molecule has 4 rings (SSSR count). The first-order chi connectivity index (χ1) is 11.0. The van der Waals surface area contributed by atoms with Crippen molar-refractivity contribution < 1.29 is 14.0 Å². The average molecular weight is 314 g/mol. The lowest BCUT2D eigenvalue weighted by Crippen LogP contribution is -2.30. The van der Waals surface area contributed by atoms with E-state index < -0.39 is 0 Å². The molecular weight excluding hydrogens is 292 g/mol. The normalized spacial score (nSPS) is 27.0. The second-order valence-corrected chi connectivity index (χ2v) is 7.46. The van der Waals surface area contributed by atoms with Crippen molar-refractivity contribution in [1.82, 2.24) is 10.1 Å². The van der Waals surface area contributed by atoms with E-state index in [-0.39, 0.29) is 23.5 Å². The van der Waals surface area contributed by atoms with Crippen LogP contribution in [0, 0.1) is 5.41 Å². The van der Waals surface area contributed by atoms with Gasteiger partial charge in [-0.1, -0.05) is 44.1 Å². The molecule has 2 aliphatic heterocycles. The molecule has 0 N–H and O–H groups in total. The number of hydrogen-bond acceptors (Lipinski definition) is 5. The van der Waals surface area contributed by atoms with E-state index in [1.807, 2.05) is 18.2 Å². The van der Waals surface area contributed by atoms with Gasteiger partial charge in [0.1, 0.15) is 5.75 Å². The first-order valence-corrected chi connectivity index (χ1v) is 8.22. The van der Waals surface area contributed by atoms with Gasteiger partial charge in [-0.15, -0.1) is 0 Å². The molecule has 1 unspecified atom stereocenters. The Bertz CT molecular complexity index is 679. The lowest BCUT2D eigenvalue weighted by molar-refractivity contribution is 0.0193. The Morgan fingerprint density at radius 2 is 2.00 bits per heavy atom. The molecule has 0 bridgehead atoms. The van der Waals surface area contributed by atoms with E-state index in [0.717, 1.165) is 31.0 Å². The van der Waals surface area contributed by atoms with Gasteiger partial charge in [-0.2, -0.15) is 4.98 Å². The highest BCUT2D eigenvalue weighted by atomic mass is 16.5. The Kier molecular flexibility index (Phi) is 3.41. The SMILES string of the molecule is CC(C)(C)[C@@H]1OCC[C@H]1c1noc(C2Cc3ccccc3O2)n1. The molecule has 1 aromatic heterocycles. The van der Waals surface area contributed by atoms with Gasteiger partial charge in [0.25, 0.3) is 5.89 Å². The van der Waals surface area contributed by atoms with E-state index in [1.54, 1.807) is 0 Å². The fourth-order valence-corrected chi connectivity index (χ4v) is 3.56. The van der Waals surface area contributed by atoms with Gasteiger partial charge in [0, 0.05) is 13.0 Å². The van der Waals surface area contributed by atoms with Gasteiger partial charge in [-0.25, -0.2) is 0 Å². The van der Waals surface area contributed by atoms with Crippen LogP contribution >= 0.6 is 0 Å². The van der Waals surface area contributed by atoms with Gasteiger partial charge >= 0.3 is 0 Å². The van der Waals surface area contributed by atoms with Gasteiger partial charge in [0.15, 0.2) is 11.9 Å². The molecule has 0 saturated carbocycles. The molecule has 2 aromatic rings. The van der Waals surface area contributed by atoms with Gasteiger partial charge < -0.3 is 14.0 Å². The van der Waals surface area contributed by atoms with Gasteiger partial charge in [0.2, 0.25) is 0 Å². The van der Waals surface area contributed by atoms with Crippen molar-refractivity contribution in [2.24, 2.45) is 5.41 Å². The van der Waals surface area contributed by atoms with Crippen LogP contribution < -0.4 is 4.74 Å². The first-order valence-electron chi connectivity index (χ1n) is 8.22. The molecule has 122 valence electrons. The lowest BCUT2D eigenvalue weighted by Gasteiger charge is -2.29. The van der Waals surface area contributed by atoms with Crippen LogP contribution in [0.5, 0.6) is 5.75 Å². The molecule has 0 spiro atoms. The summed E-state index contributed by atoms with van der Waals surface area (Å²) < 4.78 is 17.4. The summed E-state index contributed by atoms with van der Waals surface area (Å²) in [5.41, 5.74) is 1.25. The number of fused-ring (bicyclic) bond motifs is 1. The largest absolute Gasteiger partial charge is 0.480 e. The summed E-state index contributed by atoms with van der Waals surface area (Å²) in [6.07, 6.45) is 1.66. The third-order valence-corrected chi connectivity index (χ3v) is 4.66. The number of para-hydroxylation sites is 1. The van der Waals surface area contributed by atoms with Gasteiger partial charge in [-0.05, 0) is 23.5 Å². The molecule has 1 saturated heterocycles. The average Bonchev–Trinajstić information content (AvgIpc) is 3.23. The zero-order valence-corrected chi connectivity index (χ0v) is 13.8. The molecule has 5 nitrogen and oxygen atoms in total. The highest BCUT2D eigenvalue weighted by molar-refractivity contribution is 5.37. The highest BCUT2D eigenvalue weighted by Gasteiger charge is 2.41. The van der Waals surface area contributed by atoms with E-state index in [2.05, 4.69) is 37.0 Å². The zero-order chi connectivity index (χ0) is 16.0. The number of rotatable bonds is 2. The summed E-state index contributed by atoms with van der Waals surface area (Å²) in [6, 6.07) is 8.05. The Balaban J connectivity index is 1.54. The van der Waals surface area contributed by atoms with Crippen LogP contribution in [0.2, 0.25) is 0 Å². The smallest absolute Gasteiger partial charge is 0.268 e. The zero-order valence-electron chi connectivity index (χ0n) is 13.8. The summed E-state index contributed by atoms with van der Waals surface area (Å²) >= 11 is 0. The Labute approximate surface area is 136 Å². The summed E-state index contributed by atoms with van der Waals surface area (Å²) in [5.74, 6) is 2.41. The molecule has 0 aliphatic carbocycles. The predicted octanol–water partition coefficient (Wildman–Crippen LogP) is 3.66. The maximum Gasteiger partial charge on any atom is 0.268 e. The van der Waals surface area contributed by atoms with Crippen LogP contribution in [0.25, 0.3) is 0 Å². The number of benzene rings is 1. The number of hydrogen-bond donors (Lipinski definition) is 0. The fourth-order valence-electron chi connectivity index (χ4n) is 3.56. The van der Waals surface area contributed by atoms with Gasteiger partial charge in [0.05, 0.1) is 12.0 Å². The number of aromatic nitrogens is 2. The number of ether oxygens (including phenoxy) is 2. The quantitative estimate of drug-likeness (QED) is 0.846. The molecule has 1 aromatic carbocycles. The molecule has 2 aliphatic rings. The van der Waals surface area contributed by atoms with Crippen molar-refractivity contribution in [3.63, 3.8) is 0 Å². The minimum atomic E-state index is -0.177. The van der Waals surface area contributed by atoms with Crippen molar-refractivity contribution in [2.75, 3.05) is 6.61 Å². The van der Waals surface area contributed by atoms with E-state index in [0.29, 0.717) is 5.89 Å². The van der Waals surface area contributed by atoms with Crippen LogP contribution in [0.1, 0.15) is 56.5 Å². The molecule has 23 heavy (non-hydrogen) atoms. The van der Waals surface area contributed by atoms with Crippen LogP contribution in [0.15, 0.2) is 28.8 Å². The van der Waals surface area contributed by atoms with E-state index >= 15 is 0 Å². The molecule has 5 heteroatoms. The van der Waals surface area contributed by atoms with Crippen molar-refractivity contribution in [3.8, 4) is 5.75 Å². The maximum absolute atomic E-state index is 5.94. The summed E-state index contributed by atoms with van der Waals surface area (Å²) in [7, 11) is 0. The Hall–Kier alpha value is -1.88. The monoisotopic (exact) mass is 314 g/mol. The second kappa shape index (κ2) is 5.34. The summed E-state index contributed by atoms with van der Waals surface area (Å²) in [5, 5.41) is 4.22. The number of nitrogens with zero attached hydrogens (tertiary/aromatic N) is 2. The van der Waals surface area contributed by atoms with E-state index in [9.17, 15) is 0 Å². The van der Waals surface area contributed by atoms with Crippen LogP contribution in [-0.2, 0) is 11.2 Å². The van der Waals surface area contributed by atoms with Crippen molar-refractivity contribution >= 4 is 0 Å². The van der Waals surface area contributed by atoms with Crippen molar-refractivity contribution in [2.45, 2.75) is 51.7 Å². The predicted molar refractivity (Wildman–Crippen MR) is 84.4 cm³/mol. The fraction of sp³-hybridized carbons (Fsp3) is 0.556. The molecular formula is C18H22N2O3. The molecule has 0 amide bonds. The van der Waals surface area contributed by atoms with Crippen molar-refractivity contribution in [1.29, 1.82) is 0 Å². The summed E-state index contributed by atoms with van der Waals surface area (Å²) in [6.45, 7) is 7.32. The molecule has 3 heterocycles. The van der Waals surface area contributed by atoms with E-state index in [4.69, 9.17) is 14.0 Å². The standard InChI is InChI=1S/C18H22N2O3/c1-18(2,3)15-12(8-9-21-15)16-19-17(23-20-16)14-10-11-6-4-5-7-13(11)22-14/h4-7,12,14-15H,8-10H2,1-3H3/t12-,14?,15-/m1/s1. The van der Waals surface area contributed by atoms with Crippen LogP contribution in [-0.4, -0.2) is 22.9 Å². The topological polar surface area (TPSA) is 57.4 Å². The third kappa shape index (κ3) is 2.63. The van der Waals surface area contributed by atoms with Crippen molar-refractivity contribution in [3.05, 3.63) is 41.5 Å². The Morgan fingerprint density at radius 3 is 2.78 bits per heavy atom. The lowest BCUT2D eigenvalue weighted by atomic mass is 9.81. The first kappa shape index (κ1) is 14.7.